The van der Waals surface area contributed by atoms with Crippen LogP contribution in [0.2, 0.25) is 0 Å². The zero-order chi connectivity index (χ0) is 21.7. The predicted octanol–water partition coefficient (Wildman–Crippen LogP) is 4.33. The lowest BCUT2D eigenvalue weighted by molar-refractivity contribution is -0.184. The lowest BCUT2D eigenvalue weighted by Crippen LogP contribution is -2.37. The van der Waals surface area contributed by atoms with Crippen LogP contribution in [0, 0.1) is 13.8 Å². The van der Waals surface area contributed by atoms with Crippen molar-refractivity contribution in [3.63, 3.8) is 0 Å². The Morgan fingerprint density at radius 2 is 2.00 bits per heavy atom. The largest absolute Gasteiger partial charge is 0.497 e. The van der Waals surface area contributed by atoms with E-state index in [9.17, 15) is 0 Å². The van der Waals surface area contributed by atoms with E-state index in [0.29, 0.717) is 19.8 Å². The maximum atomic E-state index is 6.46. The van der Waals surface area contributed by atoms with Crippen LogP contribution in [0.15, 0.2) is 61.2 Å². The van der Waals surface area contributed by atoms with Crippen LogP contribution < -0.4 is 9.47 Å². The van der Waals surface area contributed by atoms with E-state index in [0.717, 1.165) is 29.9 Å². The molecule has 2 heterocycles. The third kappa shape index (κ3) is 5.46. The molecular formula is C25H30N2O4. The fourth-order valence-electron chi connectivity index (χ4n) is 3.82. The maximum absolute atomic E-state index is 6.46. The van der Waals surface area contributed by atoms with Crippen LogP contribution in [-0.2, 0) is 22.4 Å². The highest BCUT2D eigenvalue weighted by Crippen LogP contribution is 2.32. The number of aromatic nitrogens is 2. The van der Waals surface area contributed by atoms with Crippen LogP contribution in [-0.4, -0.2) is 41.8 Å². The number of methoxy groups -OCH3 is 1. The molecule has 1 aromatic heterocycles. The Bertz CT molecular complexity index is 972. The van der Waals surface area contributed by atoms with Crippen molar-refractivity contribution in [1.82, 2.24) is 9.55 Å². The Kier molecular flexibility index (Phi) is 6.59. The summed E-state index contributed by atoms with van der Waals surface area (Å²) in [6, 6.07) is 14.4. The Hall–Kier alpha value is -2.83. The van der Waals surface area contributed by atoms with Gasteiger partial charge in [0.15, 0.2) is 5.79 Å². The van der Waals surface area contributed by atoms with Gasteiger partial charge in [-0.2, -0.15) is 0 Å². The second-order valence-electron chi connectivity index (χ2n) is 8.12. The molecule has 0 bridgehead atoms. The molecule has 164 valence electrons. The number of ether oxygens (including phenoxy) is 4. The molecule has 6 heteroatoms. The number of imidazole rings is 1. The highest BCUT2D eigenvalue weighted by molar-refractivity contribution is 5.36. The van der Waals surface area contributed by atoms with E-state index in [1.54, 1.807) is 19.6 Å². The lowest BCUT2D eigenvalue weighted by Gasteiger charge is -2.28. The Labute approximate surface area is 183 Å². The molecular weight excluding hydrogens is 392 g/mol. The van der Waals surface area contributed by atoms with Crippen LogP contribution in [0.25, 0.3) is 0 Å². The molecule has 0 aliphatic carbocycles. The zero-order valence-electron chi connectivity index (χ0n) is 18.4. The molecule has 1 saturated heterocycles. The second-order valence-corrected chi connectivity index (χ2v) is 8.12. The van der Waals surface area contributed by atoms with Crippen molar-refractivity contribution >= 4 is 0 Å². The summed E-state index contributed by atoms with van der Waals surface area (Å²) in [6.07, 6.45) is 6.94. The van der Waals surface area contributed by atoms with Crippen molar-refractivity contribution in [3.05, 3.63) is 77.9 Å². The summed E-state index contributed by atoms with van der Waals surface area (Å²) in [7, 11) is 1.68. The van der Waals surface area contributed by atoms with Crippen LogP contribution >= 0.6 is 0 Å². The van der Waals surface area contributed by atoms with E-state index >= 15 is 0 Å². The molecule has 0 spiro atoms. The smallest absolute Gasteiger partial charge is 0.187 e. The molecule has 2 atom stereocenters. The Morgan fingerprint density at radius 1 is 1.16 bits per heavy atom. The summed E-state index contributed by atoms with van der Waals surface area (Å²) in [5.74, 6) is 1.04. The van der Waals surface area contributed by atoms with Crippen molar-refractivity contribution in [1.29, 1.82) is 0 Å². The van der Waals surface area contributed by atoms with Crippen molar-refractivity contribution < 1.29 is 18.9 Å². The molecule has 4 rings (SSSR count). The predicted molar refractivity (Wildman–Crippen MR) is 119 cm³/mol. The molecule has 1 aliphatic heterocycles. The first-order chi connectivity index (χ1) is 15.0. The van der Waals surface area contributed by atoms with Gasteiger partial charge in [0.25, 0.3) is 0 Å². The Balaban J connectivity index is 1.41. The second kappa shape index (κ2) is 9.54. The van der Waals surface area contributed by atoms with E-state index in [4.69, 9.17) is 18.9 Å². The van der Waals surface area contributed by atoms with Crippen molar-refractivity contribution in [2.45, 2.75) is 45.1 Å². The highest BCUT2D eigenvalue weighted by atomic mass is 16.8. The third-order valence-corrected chi connectivity index (χ3v) is 5.62. The van der Waals surface area contributed by atoms with Crippen LogP contribution in [0.5, 0.6) is 11.5 Å². The third-order valence-electron chi connectivity index (χ3n) is 5.62. The minimum atomic E-state index is -0.712. The zero-order valence-corrected chi connectivity index (χ0v) is 18.4. The molecule has 0 N–H and O–H groups in total. The lowest BCUT2D eigenvalue weighted by atomic mass is 10.0. The van der Waals surface area contributed by atoms with Gasteiger partial charge in [-0.05, 0) is 55.2 Å². The summed E-state index contributed by atoms with van der Waals surface area (Å²) in [6.45, 7) is 5.67. The number of rotatable bonds is 9. The number of benzene rings is 2. The van der Waals surface area contributed by atoms with Crippen molar-refractivity contribution in [2.24, 2.45) is 0 Å². The molecule has 31 heavy (non-hydrogen) atoms. The van der Waals surface area contributed by atoms with Gasteiger partial charge in [-0.15, -0.1) is 0 Å². The molecule has 1 fully saturated rings. The van der Waals surface area contributed by atoms with E-state index in [1.165, 1.54) is 11.1 Å². The monoisotopic (exact) mass is 422 g/mol. The van der Waals surface area contributed by atoms with Gasteiger partial charge in [0, 0.05) is 18.8 Å². The Morgan fingerprint density at radius 3 is 2.74 bits per heavy atom. The minimum absolute atomic E-state index is 0.126. The molecule has 6 nitrogen and oxygen atoms in total. The SMILES string of the molecule is COc1ccc(CCC2(Cn3ccnc3)OCC(COc3cc(C)ccc3C)O2)cc1. The summed E-state index contributed by atoms with van der Waals surface area (Å²) in [5.41, 5.74) is 3.51. The first-order valence-corrected chi connectivity index (χ1v) is 10.7. The average molecular weight is 423 g/mol. The quantitative estimate of drug-likeness (QED) is 0.514. The standard InChI is InChI=1S/C25H30N2O4/c1-19-4-5-20(2)24(14-19)29-15-23-16-30-25(31-23,17-27-13-12-26-18-27)11-10-21-6-8-22(28-3)9-7-21/h4-9,12-14,18,23H,10-11,15-17H2,1-3H3. The van der Waals surface area contributed by atoms with E-state index < -0.39 is 5.79 Å². The van der Waals surface area contributed by atoms with Crippen LogP contribution in [0.3, 0.4) is 0 Å². The highest BCUT2D eigenvalue weighted by Gasteiger charge is 2.42. The van der Waals surface area contributed by atoms with Crippen molar-refractivity contribution in [3.8, 4) is 11.5 Å². The van der Waals surface area contributed by atoms with Crippen molar-refractivity contribution in [2.75, 3.05) is 20.3 Å². The number of hydrogen-bond donors (Lipinski definition) is 0. The van der Waals surface area contributed by atoms with Gasteiger partial charge in [-0.1, -0.05) is 24.3 Å². The first kappa shape index (κ1) is 21.4. The fraction of sp³-hybridized carbons (Fsp3) is 0.400. The van der Waals surface area contributed by atoms with Gasteiger partial charge in [0.05, 0.1) is 26.6 Å². The van der Waals surface area contributed by atoms with Gasteiger partial charge in [0.2, 0.25) is 0 Å². The number of hydrogen-bond acceptors (Lipinski definition) is 5. The molecule has 3 aromatic rings. The van der Waals surface area contributed by atoms with Gasteiger partial charge in [-0.3, -0.25) is 0 Å². The van der Waals surface area contributed by atoms with E-state index in [2.05, 4.69) is 49.2 Å². The topological polar surface area (TPSA) is 54.7 Å². The number of aryl methyl sites for hydroxylation is 3. The first-order valence-electron chi connectivity index (χ1n) is 10.7. The summed E-state index contributed by atoms with van der Waals surface area (Å²) < 4.78 is 26.1. The van der Waals surface area contributed by atoms with E-state index in [1.807, 2.05) is 22.9 Å². The van der Waals surface area contributed by atoms with Crippen LogP contribution in [0.1, 0.15) is 23.1 Å². The van der Waals surface area contributed by atoms with E-state index in [-0.39, 0.29) is 6.10 Å². The minimum Gasteiger partial charge on any atom is -0.497 e. The van der Waals surface area contributed by atoms with Gasteiger partial charge >= 0.3 is 0 Å². The molecule has 2 aromatic carbocycles. The molecule has 2 unspecified atom stereocenters. The summed E-state index contributed by atoms with van der Waals surface area (Å²) >= 11 is 0. The normalized spacial score (nSPS) is 20.7. The van der Waals surface area contributed by atoms with Gasteiger partial charge in [-0.25, -0.2) is 4.98 Å². The average Bonchev–Trinajstić information content (AvgIpc) is 3.44. The molecule has 0 saturated carbocycles. The molecule has 0 amide bonds. The van der Waals surface area contributed by atoms with Crippen LogP contribution in [0.4, 0.5) is 0 Å². The molecule has 1 aliphatic rings. The van der Waals surface area contributed by atoms with Gasteiger partial charge < -0.3 is 23.5 Å². The summed E-state index contributed by atoms with van der Waals surface area (Å²) in [5, 5.41) is 0. The number of nitrogens with zero attached hydrogens (tertiary/aromatic N) is 2. The maximum Gasteiger partial charge on any atom is 0.187 e. The van der Waals surface area contributed by atoms with Gasteiger partial charge in [0.1, 0.15) is 24.2 Å². The fourth-order valence-corrected chi connectivity index (χ4v) is 3.82. The summed E-state index contributed by atoms with van der Waals surface area (Å²) in [4.78, 5) is 4.16. The molecule has 0 radical (unpaired) electrons.